The Kier molecular flexibility index (Phi) is 3.17. The Morgan fingerprint density at radius 1 is 1.05 bits per heavy atom. The molecule has 0 radical (unpaired) electrons. The Morgan fingerprint density at radius 3 is 2.63 bits per heavy atom. The van der Waals surface area contributed by atoms with Gasteiger partial charge in [-0.15, -0.1) is 0 Å². The van der Waals surface area contributed by atoms with E-state index in [-0.39, 0.29) is 0 Å². The minimum atomic E-state index is 0.709. The molecule has 0 aliphatic heterocycles. The molecule has 0 aliphatic rings. The molecule has 0 saturated carbocycles. The summed E-state index contributed by atoms with van der Waals surface area (Å²) in [4.78, 5) is 4.57. The van der Waals surface area contributed by atoms with Crippen LogP contribution in [0.1, 0.15) is 11.1 Å². The van der Waals surface area contributed by atoms with E-state index >= 15 is 0 Å². The molecule has 0 amide bonds. The Labute approximate surface area is 121 Å². The van der Waals surface area contributed by atoms with Crippen LogP contribution in [0.4, 0.5) is 10.8 Å². The number of halogens is 1. The first kappa shape index (κ1) is 12.5. The monoisotopic (exact) mass is 288 g/mol. The quantitative estimate of drug-likeness (QED) is 0.691. The molecule has 0 aliphatic carbocycles. The molecular formula is C15H13ClN2S. The molecule has 2 aromatic carbocycles. The number of hydrogen-bond acceptors (Lipinski definition) is 3. The highest BCUT2D eigenvalue weighted by Crippen LogP contribution is 2.31. The number of hydrogen-bond donors (Lipinski definition) is 1. The van der Waals surface area contributed by atoms with Crippen LogP contribution in [-0.4, -0.2) is 4.98 Å². The van der Waals surface area contributed by atoms with Crippen LogP contribution in [0.2, 0.25) is 5.02 Å². The fourth-order valence-electron chi connectivity index (χ4n) is 1.94. The minimum Gasteiger partial charge on any atom is -0.330 e. The van der Waals surface area contributed by atoms with Crippen molar-refractivity contribution in [1.29, 1.82) is 0 Å². The molecule has 0 saturated heterocycles. The highest BCUT2D eigenvalue weighted by molar-refractivity contribution is 7.22. The molecule has 1 N–H and O–H groups in total. The molecule has 1 heterocycles. The standard InChI is InChI=1S/C15H13ClN2S/c1-9-3-5-11(16)13(7-9)18-15-17-12-6-4-10(2)8-14(12)19-15/h3-8H,1-2H3,(H,17,18). The van der Waals surface area contributed by atoms with Gasteiger partial charge in [0.15, 0.2) is 5.13 Å². The number of nitrogens with one attached hydrogen (secondary N) is 1. The molecule has 0 spiro atoms. The van der Waals surface area contributed by atoms with Crippen LogP contribution in [0.3, 0.4) is 0 Å². The lowest BCUT2D eigenvalue weighted by Crippen LogP contribution is -1.90. The van der Waals surface area contributed by atoms with Crippen LogP contribution < -0.4 is 5.32 Å². The van der Waals surface area contributed by atoms with Crippen molar-refractivity contribution in [3.05, 3.63) is 52.5 Å². The number of aromatic nitrogens is 1. The molecule has 0 fully saturated rings. The first-order valence-corrected chi connectivity index (χ1v) is 7.21. The predicted molar refractivity (Wildman–Crippen MR) is 83.8 cm³/mol. The van der Waals surface area contributed by atoms with Gasteiger partial charge in [-0.1, -0.05) is 35.1 Å². The summed E-state index contributed by atoms with van der Waals surface area (Å²) in [6, 6.07) is 12.2. The molecule has 0 bridgehead atoms. The van der Waals surface area contributed by atoms with Gasteiger partial charge in [-0.05, 0) is 49.2 Å². The third kappa shape index (κ3) is 2.57. The summed E-state index contributed by atoms with van der Waals surface area (Å²) in [5.41, 5.74) is 4.33. The van der Waals surface area contributed by atoms with Gasteiger partial charge in [0.2, 0.25) is 0 Å². The topological polar surface area (TPSA) is 24.9 Å². The number of fused-ring (bicyclic) bond motifs is 1. The molecule has 2 nitrogen and oxygen atoms in total. The molecule has 3 aromatic rings. The van der Waals surface area contributed by atoms with Crippen molar-refractivity contribution < 1.29 is 0 Å². The molecule has 96 valence electrons. The third-order valence-electron chi connectivity index (χ3n) is 2.91. The van der Waals surface area contributed by atoms with Crippen molar-refractivity contribution in [2.24, 2.45) is 0 Å². The van der Waals surface area contributed by atoms with Gasteiger partial charge < -0.3 is 5.32 Å². The number of nitrogens with zero attached hydrogens (tertiary/aromatic N) is 1. The smallest absolute Gasteiger partial charge is 0.188 e. The van der Waals surface area contributed by atoms with E-state index < -0.39 is 0 Å². The zero-order valence-electron chi connectivity index (χ0n) is 10.7. The summed E-state index contributed by atoms with van der Waals surface area (Å²) in [5.74, 6) is 0. The maximum Gasteiger partial charge on any atom is 0.188 e. The van der Waals surface area contributed by atoms with Gasteiger partial charge in [0.1, 0.15) is 0 Å². The van der Waals surface area contributed by atoms with Crippen LogP contribution in [0.5, 0.6) is 0 Å². The van der Waals surface area contributed by atoms with Gasteiger partial charge in [-0.2, -0.15) is 0 Å². The molecule has 1 aromatic heterocycles. The van der Waals surface area contributed by atoms with E-state index in [2.05, 4.69) is 29.4 Å². The Bertz CT molecular complexity index is 749. The van der Waals surface area contributed by atoms with Gasteiger partial charge in [-0.3, -0.25) is 0 Å². The Balaban J connectivity index is 1.98. The largest absolute Gasteiger partial charge is 0.330 e. The summed E-state index contributed by atoms with van der Waals surface area (Å²) in [7, 11) is 0. The zero-order valence-corrected chi connectivity index (χ0v) is 12.3. The lowest BCUT2D eigenvalue weighted by molar-refractivity contribution is 1.41. The van der Waals surface area contributed by atoms with E-state index in [9.17, 15) is 0 Å². The fourth-order valence-corrected chi connectivity index (χ4v) is 3.08. The summed E-state index contributed by atoms with van der Waals surface area (Å²) in [6.45, 7) is 4.13. The zero-order chi connectivity index (χ0) is 13.4. The van der Waals surface area contributed by atoms with E-state index in [1.807, 2.05) is 31.2 Å². The molecule has 4 heteroatoms. The van der Waals surface area contributed by atoms with E-state index in [1.165, 1.54) is 15.8 Å². The summed E-state index contributed by atoms with van der Waals surface area (Å²) >= 11 is 7.82. The highest BCUT2D eigenvalue weighted by atomic mass is 35.5. The average Bonchev–Trinajstić information content (AvgIpc) is 2.75. The van der Waals surface area contributed by atoms with Crippen LogP contribution in [0, 0.1) is 13.8 Å². The normalized spacial score (nSPS) is 10.9. The third-order valence-corrected chi connectivity index (χ3v) is 4.17. The van der Waals surface area contributed by atoms with Crippen molar-refractivity contribution >= 4 is 44.0 Å². The van der Waals surface area contributed by atoms with Gasteiger partial charge in [-0.25, -0.2) is 4.98 Å². The number of anilines is 2. The SMILES string of the molecule is Cc1ccc(Cl)c(Nc2nc3ccc(C)cc3s2)c1. The van der Waals surface area contributed by atoms with Crippen LogP contribution in [0.25, 0.3) is 10.2 Å². The van der Waals surface area contributed by atoms with E-state index in [0.29, 0.717) is 5.02 Å². The average molecular weight is 289 g/mol. The van der Waals surface area contributed by atoms with Crippen LogP contribution in [0.15, 0.2) is 36.4 Å². The van der Waals surface area contributed by atoms with Crippen molar-refractivity contribution in [3.8, 4) is 0 Å². The fraction of sp³-hybridized carbons (Fsp3) is 0.133. The van der Waals surface area contributed by atoms with Gasteiger partial charge in [0, 0.05) is 0 Å². The molecule has 3 rings (SSSR count). The lowest BCUT2D eigenvalue weighted by atomic mass is 10.2. The van der Waals surface area contributed by atoms with Gasteiger partial charge >= 0.3 is 0 Å². The van der Waals surface area contributed by atoms with E-state index in [1.54, 1.807) is 11.3 Å². The molecule has 0 unspecified atom stereocenters. The Morgan fingerprint density at radius 2 is 1.79 bits per heavy atom. The van der Waals surface area contributed by atoms with Crippen molar-refractivity contribution in [3.63, 3.8) is 0 Å². The first-order chi connectivity index (χ1) is 9.11. The number of thiazole rings is 1. The van der Waals surface area contributed by atoms with Crippen molar-refractivity contribution in [2.45, 2.75) is 13.8 Å². The maximum absolute atomic E-state index is 6.18. The number of aryl methyl sites for hydroxylation is 2. The molecule has 19 heavy (non-hydrogen) atoms. The maximum atomic E-state index is 6.18. The van der Waals surface area contributed by atoms with E-state index in [0.717, 1.165) is 16.3 Å². The van der Waals surface area contributed by atoms with Gasteiger partial charge in [0.25, 0.3) is 0 Å². The number of rotatable bonds is 2. The molecular weight excluding hydrogens is 276 g/mol. The second-order valence-electron chi connectivity index (χ2n) is 4.60. The van der Waals surface area contributed by atoms with Crippen molar-refractivity contribution in [1.82, 2.24) is 4.98 Å². The van der Waals surface area contributed by atoms with Gasteiger partial charge in [0.05, 0.1) is 20.9 Å². The Hall–Kier alpha value is -1.58. The summed E-state index contributed by atoms with van der Waals surface area (Å²) in [6.07, 6.45) is 0. The summed E-state index contributed by atoms with van der Waals surface area (Å²) < 4.78 is 1.19. The molecule has 0 atom stereocenters. The lowest BCUT2D eigenvalue weighted by Gasteiger charge is -2.05. The van der Waals surface area contributed by atoms with Crippen molar-refractivity contribution in [2.75, 3.05) is 5.32 Å². The predicted octanol–water partition coefficient (Wildman–Crippen LogP) is 5.31. The second-order valence-corrected chi connectivity index (χ2v) is 6.04. The summed E-state index contributed by atoms with van der Waals surface area (Å²) in [5, 5.41) is 4.88. The van der Waals surface area contributed by atoms with E-state index in [4.69, 9.17) is 11.6 Å². The van der Waals surface area contributed by atoms with Crippen LogP contribution in [-0.2, 0) is 0 Å². The highest BCUT2D eigenvalue weighted by Gasteiger charge is 2.06. The number of benzene rings is 2. The van der Waals surface area contributed by atoms with Crippen LogP contribution >= 0.6 is 22.9 Å². The second kappa shape index (κ2) is 4.83. The minimum absolute atomic E-state index is 0.709. The first-order valence-electron chi connectivity index (χ1n) is 6.02.